The number of halogens is 2. The summed E-state index contributed by atoms with van der Waals surface area (Å²) in [4.78, 5) is 14.7. The van der Waals surface area contributed by atoms with Gasteiger partial charge in [0.25, 0.3) is 5.91 Å². The van der Waals surface area contributed by atoms with E-state index in [0.717, 1.165) is 32.5 Å². The van der Waals surface area contributed by atoms with Crippen molar-refractivity contribution in [2.75, 3.05) is 13.1 Å². The Morgan fingerprint density at radius 2 is 1.82 bits per heavy atom. The van der Waals surface area contributed by atoms with Crippen molar-refractivity contribution in [1.82, 2.24) is 4.90 Å². The van der Waals surface area contributed by atoms with Crippen LogP contribution in [0.2, 0.25) is 5.02 Å². The number of carbonyl (C=O) groups is 1. The second-order valence-corrected chi connectivity index (χ2v) is 7.52. The molecule has 146 valence electrons. The highest BCUT2D eigenvalue weighted by Crippen LogP contribution is 2.33. The third-order valence-electron chi connectivity index (χ3n) is 5.24. The molecule has 1 aliphatic rings. The van der Waals surface area contributed by atoms with Crippen LogP contribution < -0.4 is 5.73 Å². The average Bonchev–Trinajstić information content (AvgIpc) is 3.01. The average molecular weight is 417 g/mol. The van der Waals surface area contributed by atoms with E-state index in [-0.39, 0.29) is 24.9 Å². The lowest BCUT2D eigenvalue weighted by Crippen LogP contribution is -2.33. The molecule has 0 aromatic heterocycles. The van der Waals surface area contributed by atoms with Gasteiger partial charge in [0.05, 0.1) is 6.10 Å². The Balaban J connectivity index is 0.00000225. The van der Waals surface area contributed by atoms with Gasteiger partial charge in [0, 0.05) is 29.7 Å². The quantitative estimate of drug-likeness (QED) is 0.662. The topological polar surface area (TPSA) is 66.6 Å². The van der Waals surface area contributed by atoms with Gasteiger partial charge < -0.3 is 15.7 Å². The highest BCUT2D eigenvalue weighted by molar-refractivity contribution is 6.31. The van der Waals surface area contributed by atoms with Crippen molar-refractivity contribution in [3.8, 4) is 11.1 Å². The Morgan fingerprint density at radius 1 is 1.11 bits per heavy atom. The molecule has 1 amide bonds. The fourth-order valence-electron chi connectivity index (χ4n) is 3.71. The van der Waals surface area contributed by atoms with E-state index in [2.05, 4.69) is 12.1 Å². The second kappa shape index (κ2) is 8.10. The van der Waals surface area contributed by atoms with Crippen molar-refractivity contribution in [3.05, 3.63) is 70.7 Å². The van der Waals surface area contributed by atoms with Gasteiger partial charge in [-0.1, -0.05) is 48.0 Å². The Morgan fingerprint density at radius 3 is 2.50 bits per heavy atom. The lowest BCUT2D eigenvalue weighted by molar-refractivity contribution is 0.0767. The van der Waals surface area contributed by atoms with Crippen molar-refractivity contribution >= 4 is 40.7 Å². The summed E-state index contributed by atoms with van der Waals surface area (Å²) in [6.07, 6.45) is -0.670. The maximum absolute atomic E-state index is 13.0. The van der Waals surface area contributed by atoms with Crippen LogP contribution in [0.3, 0.4) is 0 Å². The van der Waals surface area contributed by atoms with Crippen LogP contribution in [0, 0.1) is 6.92 Å². The fraction of sp³-hybridized carbons (Fsp3) is 0.227. The van der Waals surface area contributed by atoms with Crippen LogP contribution >= 0.6 is 24.0 Å². The Hall–Kier alpha value is -2.11. The summed E-state index contributed by atoms with van der Waals surface area (Å²) >= 11 is 6.17. The standard InChI is InChI=1S/C22H21ClN2O2.ClH/c1-13-10-14(8-9-19(13)23)15-4-2-6-17-16(15)5-3-7-18(17)22(27)25-11-20(24)21(26)12-25;/h2-10,20-21,26H,11-12,24H2,1H3;1H/t20-,21-;/m1./s1. The van der Waals surface area contributed by atoms with Crippen LogP contribution in [0.1, 0.15) is 15.9 Å². The number of amides is 1. The molecule has 2 atom stereocenters. The molecule has 1 heterocycles. The Bertz CT molecular complexity index is 1030. The number of aliphatic hydroxyl groups excluding tert-OH is 1. The summed E-state index contributed by atoms with van der Waals surface area (Å²) in [6, 6.07) is 17.3. The van der Waals surface area contributed by atoms with Crippen LogP contribution in [-0.2, 0) is 0 Å². The fourth-order valence-corrected chi connectivity index (χ4v) is 3.83. The first-order chi connectivity index (χ1) is 13.0. The summed E-state index contributed by atoms with van der Waals surface area (Å²) in [5, 5.41) is 12.5. The lowest BCUT2D eigenvalue weighted by atomic mass is 9.94. The Labute approximate surface area is 175 Å². The molecule has 0 bridgehead atoms. The lowest BCUT2D eigenvalue weighted by Gasteiger charge is -2.18. The molecule has 28 heavy (non-hydrogen) atoms. The van der Waals surface area contributed by atoms with E-state index in [9.17, 15) is 9.90 Å². The number of likely N-dealkylation sites (tertiary alicyclic amines) is 1. The molecule has 6 heteroatoms. The van der Waals surface area contributed by atoms with E-state index < -0.39 is 12.1 Å². The molecule has 3 aromatic carbocycles. The molecular weight excluding hydrogens is 395 g/mol. The number of aliphatic hydroxyl groups is 1. The SMILES string of the molecule is Cc1cc(-c2cccc3c(C(=O)N4C[C@@H](N)[C@H](O)C4)cccc23)ccc1Cl.Cl. The van der Waals surface area contributed by atoms with Gasteiger partial charge in [-0.2, -0.15) is 0 Å². The number of nitrogens with zero attached hydrogens (tertiary/aromatic N) is 1. The monoisotopic (exact) mass is 416 g/mol. The third-order valence-corrected chi connectivity index (χ3v) is 5.67. The van der Waals surface area contributed by atoms with Crippen molar-refractivity contribution in [2.24, 2.45) is 5.73 Å². The van der Waals surface area contributed by atoms with Crippen molar-refractivity contribution in [1.29, 1.82) is 0 Å². The van der Waals surface area contributed by atoms with E-state index >= 15 is 0 Å². The molecular formula is C22H22Cl2N2O2. The molecule has 0 radical (unpaired) electrons. The molecule has 3 N–H and O–H groups in total. The van der Waals surface area contributed by atoms with E-state index in [1.54, 1.807) is 4.90 Å². The van der Waals surface area contributed by atoms with Gasteiger partial charge in [0.1, 0.15) is 0 Å². The molecule has 0 unspecified atom stereocenters. The van der Waals surface area contributed by atoms with Gasteiger partial charge >= 0.3 is 0 Å². The number of rotatable bonds is 2. The maximum Gasteiger partial charge on any atom is 0.254 e. The minimum Gasteiger partial charge on any atom is -0.390 e. The van der Waals surface area contributed by atoms with Gasteiger partial charge in [-0.3, -0.25) is 4.79 Å². The number of β-amino-alcohol motifs (C(OH)–C–C–N with tert-alkyl or cyclic N) is 1. The van der Waals surface area contributed by atoms with E-state index in [1.807, 2.05) is 49.4 Å². The summed E-state index contributed by atoms with van der Waals surface area (Å²) in [7, 11) is 0. The number of hydrogen-bond acceptors (Lipinski definition) is 3. The summed E-state index contributed by atoms with van der Waals surface area (Å²) in [5.74, 6) is -0.1000. The first kappa shape index (κ1) is 20.6. The number of fused-ring (bicyclic) bond motifs is 1. The minimum atomic E-state index is -0.670. The zero-order valence-electron chi connectivity index (χ0n) is 15.4. The number of benzene rings is 3. The molecule has 4 rings (SSSR count). The largest absolute Gasteiger partial charge is 0.390 e. The van der Waals surface area contributed by atoms with Crippen molar-refractivity contribution in [3.63, 3.8) is 0 Å². The number of hydrogen-bond donors (Lipinski definition) is 2. The van der Waals surface area contributed by atoms with Gasteiger partial charge in [0.15, 0.2) is 0 Å². The highest BCUT2D eigenvalue weighted by Gasteiger charge is 2.32. The van der Waals surface area contributed by atoms with Crippen molar-refractivity contribution < 1.29 is 9.90 Å². The van der Waals surface area contributed by atoms with Crippen LogP contribution in [-0.4, -0.2) is 41.1 Å². The predicted molar refractivity (Wildman–Crippen MR) is 116 cm³/mol. The van der Waals surface area contributed by atoms with Crippen LogP contribution in [0.5, 0.6) is 0 Å². The van der Waals surface area contributed by atoms with E-state index in [1.165, 1.54) is 0 Å². The summed E-state index contributed by atoms with van der Waals surface area (Å²) < 4.78 is 0. The van der Waals surface area contributed by atoms with Gasteiger partial charge in [-0.25, -0.2) is 0 Å². The number of aryl methyl sites for hydroxylation is 1. The van der Waals surface area contributed by atoms with Gasteiger partial charge in [-0.05, 0) is 52.6 Å². The zero-order valence-corrected chi connectivity index (χ0v) is 17.0. The second-order valence-electron chi connectivity index (χ2n) is 7.11. The first-order valence-electron chi connectivity index (χ1n) is 8.97. The predicted octanol–water partition coefficient (Wildman–Crippen LogP) is 4.03. The number of carbonyl (C=O) groups excluding carboxylic acids is 1. The molecule has 0 spiro atoms. The smallest absolute Gasteiger partial charge is 0.254 e. The third kappa shape index (κ3) is 3.61. The Kier molecular flexibility index (Phi) is 5.96. The molecule has 1 fully saturated rings. The molecule has 0 saturated carbocycles. The molecule has 4 nitrogen and oxygen atoms in total. The van der Waals surface area contributed by atoms with Crippen LogP contribution in [0.4, 0.5) is 0 Å². The zero-order chi connectivity index (χ0) is 19.1. The highest BCUT2D eigenvalue weighted by atomic mass is 35.5. The van der Waals surface area contributed by atoms with Crippen LogP contribution in [0.15, 0.2) is 54.6 Å². The van der Waals surface area contributed by atoms with E-state index in [4.69, 9.17) is 17.3 Å². The molecule has 1 saturated heterocycles. The number of nitrogens with two attached hydrogens (primary N) is 1. The van der Waals surface area contributed by atoms with Crippen LogP contribution in [0.25, 0.3) is 21.9 Å². The molecule has 1 aliphatic heterocycles. The minimum absolute atomic E-state index is 0. The van der Waals surface area contributed by atoms with Gasteiger partial charge in [0.2, 0.25) is 0 Å². The molecule has 3 aromatic rings. The summed E-state index contributed by atoms with van der Waals surface area (Å²) in [6.45, 7) is 2.62. The summed E-state index contributed by atoms with van der Waals surface area (Å²) in [5.41, 5.74) is 9.62. The molecule has 0 aliphatic carbocycles. The van der Waals surface area contributed by atoms with Crippen molar-refractivity contribution in [2.45, 2.75) is 19.1 Å². The first-order valence-corrected chi connectivity index (χ1v) is 9.34. The van der Waals surface area contributed by atoms with Gasteiger partial charge in [-0.15, -0.1) is 12.4 Å². The van der Waals surface area contributed by atoms with E-state index in [0.29, 0.717) is 12.1 Å². The maximum atomic E-state index is 13.0. The normalized spacial score (nSPS) is 18.9.